The number of nitrogens with two attached hydrogens (primary N) is 2. The van der Waals surface area contributed by atoms with E-state index in [1.54, 1.807) is 0 Å². The lowest BCUT2D eigenvalue weighted by molar-refractivity contribution is 0.874. The van der Waals surface area contributed by atoms with Crippen LogP contribution in [0.2, 0.25) is 0 Å². The van der Waals surface area contributed by atoms with E-state index in [0.717, 1.165) is 5.82 Å². The third-order valence-electron chi connectivity index (χ3n) is 0.930. The summed E-state index contributed by atoms with van der Waals surface area (Å²) in [5, 5.41) is 6.26. The van der Waals surface area contributed by atoms with Crippen LogP contribution in [0, 0.1) is 0 Å². The van der Waals surface area contributed by atoms with Crippen molar-refractivity contribution < 1.29 is 0 Å². The first-order valence-electron chi connectivity index (χ1n) is 2.69. The third-order valence-corrected chi connectivity index (χ3v) is 0.930. The summed E-state index contributed by atoms with van der Waals surface area (Å²) in [5.74, 6) is 1.02. The Morgan fingerprint density at radius 3 is 2.36 bits per heavy atom. The van der Waals surface area contributed by atoms with Crippen LogP contribution in [0.5, 0.6) is 0 Å². The number of aromatic amines is 1. The molecule has 5 nitrogen and oxygen atoms in total. The number of aromatic nitrogens is 3. The van der Waals surface area contributed by atoms with Gasteiger partial charge in [-0.05, 0) is 6.54 Å². The number of anilines is 1. The zero-order valence-electron chi connectivity index (χ0n) is 5.78. The second-order valence-electron chi connectivity index (χ2n) is 1.68. The highest BCUT2D eigenvalue weighted by Crippen LogP contribution is 1.91. The molecule has 0 aliphatic carbocycles. The van der Waals surface area contributed by atoms with Crippen LogP contribution in [-0.2, 0) is 6.42 Å². The minimum absolute atomic E-state index is 0. The fourth-order valence-corrected chi connectivity index (χ4v) is 0.559. The molecule has 0 aliphatic heterocycles. The van der Waals surface area contributed by atoms with E-state index in [1.807, 2.05) is 0 Å². The Hall–Kier alpha value is -0.520. The third kappa shape index (κ3) is 4.02. The summed E-state index contributed by atoms with van der Waals surface area (Å²) in [4.78, 5) is 3.83. The van der Waals surface area contributed by atoms with Crippen molar-refractivity contribution in [2.75, 3.05) is 12.3 Å². The van der Waals surface area contributed by atoms with Gasteiger partial charge in [0.15, 0.2) is 0 Å². The van der Waals surface area contributed by atoms with Crippen LogP contribution in [-0.4, -0.2) is 21.7 Å². The number of nitrogens with one attached hydrogen (secondary N) is 1. The number of hydrogen-bond acceptors (Lipinski definition) is 4. The van der Waals surface area contributed by atoms with Gasteiger partial charge in [-0.3, -0.25) is 5.10 Å². The fourth-order valence-electron chi connectivity index (χ4n) is 0.559. The van der Waals surface area contributed by atoms with E-state index >= 15 is 0 Å². The standard InChI is InChI=1S/C4H9N5.2ClH/c5-2-1-3-7-4(6)9-8-3;;/h1-2,5H2,(H3,6,7,8,9);2*1H. The second kappa shape index (κ2) is 6.21. The van der Waals surface area contributed by atoms with Crippen LogP contribution < -0.4 is 11.5 Å². The Labute approximate surface area is 76.8 Å². The largest absolute Gasteiger partial charge is 0.367 e. The van der Waals surface area contributed by atoms with E-state index < -0.39 is 0 Å². The molecule has 0 spiro atoms. The highest BCUT2D eigenvalue weighted by Gasteiger charge is 1.95. The van der Waals surface area contributed by atoms with Crippen LogP contribution >= 0.6 is 24.8 Å². The van der Waals surface area contributed by atoms with Crippen molar-refractivity contribution in [1.29, 1.82) is 0 Å². The fraction of sp³-hybridized carbons (Fsp3) is 0.500. The first-order valence-corrected chi connectivity index (χ1v) is 2.69. The summed E-state index contributed by atoms with van der Waals surface area (Å²) in [6.45, 7) is 0.564. The Balaban J connectivity index is 0. The van der Waals surface area contributed by atoms with Crippen LogP contribution in [0.3, 0.4) is 0 Å². The van der Waals surface area contributed by atoms with Gasteiger partial charge >= 0.3 is 0 Å². The highest BCUT2D eigenvalue weighted by atomic mass is 35.5. The minimum atomic E-state index is 0. The Morgan fingerprint density at radius 1 is 1.36 bits per heavy atom. The molecule has 0 saturated heterocycles. The molecular weight excluding hydrogens is 189 g/mol. The van der Waals surface area contributed by atoms with E-state index in [-0.39, 0.29) is 30.8 Å². The van der Waals surface area contributed by atoms with Gasteiger partial charge in [-0.15, -0.1) is 29.9 Å². The van der Waals surface area contributed by atoms with Gasteiger partial charge in [0.05, 0.1) is 0 Å². The molecule has 66 valence electrons. The monoisotopic (exact) mass is 199 g/mol. The predicted molar refractivity (Wildman–Crippen MR) is 48.0 cm³/mol. The Kier molecular flexibility index (Phi) is 7.39. The maximum Gasteiger partial charge on any atom is 0.239 e. The average Bonchev–Trinajstić information content (AvgIpc) is 2.17. The number of nitrogen functional groups attached to an aromatic ring is 1. The van der Waals surface area contributed by atoms with E-state index in [2.05, 4.69) is 15.2 Å². The summed E-state index contributed by atoms with van der Waals surface area (Å²) in [6, 6.07) is 0. The molecule has 1 aromatic heterocycles. The highest BCUT2D eigenvalue weighted by molar-refractivity contribution is 5.85. The quantitative estimate of drug-likeness (QED) is 0.612. The van der Waals surface area contributed by atoms with Gasteiger partial charge in [-0.1, -0.05) is 0 Å². The van der Waals surface area contributed by atoms with Crippen molar-refractivity contribution in [2.45, 2.75) is 6.42 Å². The molecule has 0 atom stereocenters. The summed E-state index contributed by atoms with van der Waals surface area (Å²) in [6.07, 6.45) is 0.699. The van der Waals surface area contributed by atoms with E-state index in [4.69, 9.17) is 11.5 Å². The van der Waals surface area contributed by atoms with Gasteiger partial charge in [-0.25, -0.2) is 0 Å². The number of halogens is 2. The molecule has 0 unspecified atom stereocenters. The summed E-state index contributed by atoms with van der Waals surface area (Å²) < 4.78 is 0. The summed E-state index contributed by atoms with van der Waals surface area (Å²) in [5.41, 5.74) is 10.5. The molecule has 0 fully saturated rings. The molecule has 7 heteroatoms. The van der Waals surface area contributed by atoms with Crippen molar-refractivity contribution in [3.8, 4) is 0 Å². The number of rotatable bonds is 2. The maximum absolute atomic E-state index is 5.24. The van der Waals surface area contributed by atoms with E-state index in [0.29, 0.717) is 13.0 Å². The number of H-pyrrole nitrogens is 1. The lowest BCUT2D eigenvalue weighted by Gasteiger charge is -1.85. The molecule has 1 aromatic rings. The minimum Gasteiger partial charge on any atom is -0.367 e. The summed E-state index contributed by atoms with van der Waals surface area (Å²) >= 11 is 0. The summed E-state index contributed by atoms with van der Waals surface area (Å²) in [7, 11) is 0. The van der Waals surface area contributed by atoms with Gasteiger partial charge in [0.1, 0.15) is 5.82 Å². The SMILES string of the molecule is Cl.Cl.NCCc1nc(N)n[nH]1. The Bertz CT molecular complexity index is 188. The van der Waals surface area contributed by atoms with Crippen LogP contribution in [0.15, 0.2) is 0 Å². The van der Waals surface area contributed by atoms with Crippen molar-refractivity contribution in [1.82, 2.24) is 15.2 Å². The topological polar surface area (TPSA) is 93.6 Å². The molecule has 0 radical (unpaired) electrons. The van der Waals surface area contributed by atoms with Gasteiger partial charge in [0.2, 0.25) is 5.95 Å². The van der Waals surface area contributed by atoms with Crippen LogP contribution in [0.4, 0.5) is 5.95 Å². The first-order chi connectivity index (χ1) is 4.33. The van der Waals surface area contributed by atoms with Crippen molar-refractivity contribution in [2.24, 2.45) is 5.73 Å². The smallest absolute Gasteiger partial charge is 0.239 e. The van der Waals surface area contributed by atoms with Crippen molar-refractivity contribution in [3.05, 3.63) is 5.82 Å². The molecule has 5 N–H and O–H groups in total. The molecule has 0 bridgehead atoms. The zero-order chi connectivity index (χ0) is 6.69. The van der Waals surface area contributed by atoms with E-state index in [9.17, 15) is 0 Å². The molecular formula is C4H11Cl2N5. The lowest BCUT2D eigenvalue weighted by atomic mass is 10.4. The zero-order valence-corrected chi connectivity index (χ0v) is 7.41. The number of hydrogen-bond donors (Lipinski definition) is 3. The van der Waals surface area contributed by atoms with Gasteiger partial charge in [-0.2, -0.15) is 4.98 Å². The van der Waals surface area contributed by atoms with Crippen molar-refractivity contribution >= 4 is 30.8 Å². The van der Waals surface area contributed by atoms with Crippen LogP contribution in [0.25, 0.3) is 0 Å². The van der Waals surface area contributed by atoms with Gasteiger partial charge < -0.3 is 11.5 Å². The molecule has 1 heterocycles. The van der Waals surface area contributed by atoms with Gasteiger partial charge in [0.25, 0.3) is 0 Å². The molecule has 1 rings (SSSR count). The average molecular weight is 200 g/mol. The molecule has 0 saturated carbocycles. The molecule has 0 aliphatic rings. The first kappa shape index (κ1) is 13.1. The lowest BCUT2D eigenvalue weighted by Crippen LogP contribution is -2.03. The van der Waals surface area contributed by atoms with Crippen LogP contribution in [0.1, 0.15) is 5.82 Å². The van der Waals surface area contributed by atoms with Gasteiger partial charge in [0, 0.05) is 6.42 Å². The van der Waals surface area contributed by atoms with E-state index in [1.165, 1.54) is 0 Å². The number of nitrogens with zero attached hydrogens (tertiary/aromatic N) is 2. The Morgan fingerprint density at radius 2 is 2.00 bits per heavy atom. The van der Waals surface area contributed by atoms with Crippen molar-refractivity contribution in [3.63, 3.8) is 0 Å². The molecule has 0 amide bonds. The normalized spacial score (nSPS) is 8.09. The molecule has 11 heavy (non-hydrogen) atoms. The molecule has 0 aromatic carbocycles. The second-order valence-corrected chi connectivity index (χ2v) is 1.68. The maximum atomic E-state index is 5.24. The predicted octanol–water partition coefficient (Wildman–Crippen LogP) is -0.268.